The van der Waals surface area contributed by atoms with Gasteiger partial charge in [0.05, 0.1) is 20.3 Å². The van der Waals surface area contributed by atoms with Gasteiger partial charge < -0.3 is 14.2 Å². The van der Waals surface area contributed by atoms with Crippen molar-refractivity contribution in [3.05, 3.63) is 70.4 Å². The van der Waals surface area contributed by atoms with Crippen molar-refractivity contribution in [2.24, 2.45) is 10.9 Å². The molecule has 0 fully saturated rings. The van der Waals surface area contributed by atoms with E-state index in [4.69, 9.17) is 19.2 Å². The van der Waals surface area contributed by atoms with Crippen molar-refractivity contribution in [3.63, 3.8) is 0 Å². The lowest BCUT2D eigenvalue weighted by Gasteiger charge is -2.37. The number of rotatable bonds is 7. The number of hydrogen-bond donors (Lipinski definition) is 0. The molecule has 6 heteroatoms. The van der Waals surface area contributed by atoms with Crippen LogP contribution in [0.5, 0.6) is 11.5 Å². The molecule has 0 aromatic heterocycles. The predicted molar refractivity (Wildman–Crippen MR) is 140 cm³/mol. The zero-order chi connectivity index (χ0) is 26.0. The second kappa shape index (κ2) is 10.7. The third-order valence-electron chi connectivity index (χ3n) is 7.44. The first-order valence-corrected chi connectivity index (χ1v) is 12.6. The summed E-state index contributed by atoms with van der Waals surface area (Å²) < 4.78 is 16.6. The van der Waals surface area contributed by atoms with Gasteiger partial charge in [0, 0.05) is 29.3 Å². The maximum atomic E-state index is 13.8. The van der Waals surface area contributed by atoms with Crippen LogP contribution in [-0.4, -0.2) is 37.8 Å². The molecule has 2 aromatic carbocycles. The topological polar surface area (TPSA) is 74.2 Å². The molecule has 4 rings (SSSR count). The molecule has 1 unspecified atom stereocenters. The first-order valence-electron chi connectivity index (χ1n) is 12.6. The van der Waals surface area contributed by atoms with Crippen LogP contribution in [0.1, 0.15) is 68.6 Å². The minimum atomic E-state index is -0.625. The molecule has 1 heterocycles. The molecule has 2 aromatic rings. The normalized spacial score (nSPS) is 22.4. The van der Waals surface area contributed by atoms with E-state index in [1.165, 1.54) is 0 Å². The van der Waals surface area contributed by atoms with Crippen molar-refractivity contribution < 1.29 is 23.8 Å². The number of benzene rings is 2. The van der Waals surface area contributed by atoms with Crippen LogP contribution in [0.25, 0.3) is 0 Å². The lowest BCUT2D eigenvalue weighted by atomic mass is 9.68. The number of ketones is 1. The van der Waals surface area contributed by atoms with Gasteiger partial charge >= 0.3 is 5.97 Å². The lowest BCUT2D eigenvalue weighted by molar-refractivity contribution is -0.151. The van der Waals surface area contributed by atoms with E-state index in [9.17, 15) is 9.59 Å². The van der Waals surface area contributed by atoms with E-state index in [0.29, 0.717) is 35.6 Å². The third kappa shape index (κ3) is 4.81. The van der Waals surface area contributed by atoms with Crippen LogP contribution < -0.4 is 9.47 Å². The first kappa shape index (κ1) is 25.7. The Balaban J connectivity index is 1.78. The number of hydrogen-bond acceptors (Lipinski definition) is 6. The van der Waals surface area contributed by atoms with Crippen molar-refractivity contribution in [2.75, 3.05) is 14.2 Å². The molecule has 0 saturated carbocycles. The zero-order valence-corrected chi connectivity index (χ0v) is 22.0. The number of carbonyl (C=O) groups is 2. The van der Waals surface area contributed by atoms with Crippen LogP contribution in [-0.2, 0) is 14.3 Å². The lowest BCUT2D eigenvalue weighted by Crippen LogP contribution is -2.39. The number of allylic oxidation sites excluding steroid dienone is 2. The number of Topliss-reactive ketones (excluding diaryl/α,β-unsaturated/α-hetero) is 1. The fourth-order valence-corrected chi connectivity index (χ4v) is 5.33. The number of carbonyl (C=O) groups excluding carboxylic acids is 2. The summed E-state index contributed by atoms with van der Waals surface area (Å²) in [5.74, 6) is -0.0707. The smallest absolute Gasteiger partial charge is 0.315 e. The molecule has 0 amide bonds. The van der Waals surface area contributed by atoms with Gasteiger partial charge in [-0.1, -0.05) is 37.3 Å². The Morgan fingerprint density at radius 1 is 1.06 bits per heavy atom. The average molecular weight is 490 g/mol. The average Bonchev–Trinajstić information content (AvgIpc) is 2.87. The van der Waals surface area contributed by atoms with E-state index in [0.717, 1.165) is 28.8 Å². The number of aliphatic imine (C=N–C) groups is 1. The summed E-state index contributed by atoms with van der Waals surface area (Å²) in [5.41, 5.74) is 5.13. The fraction of sp³-hybridized carbons (Fsp3) is 0.433. The molecule has 6 nitrogen and oxygen atoms in total. The van der Waals surface area contributed by atoms with Crippen molar-refractivity contribution in [1.29, 1.82) is 0 Å². The van der Waals surface area contributed by atoms with E-state index in [1.54, 1.807) is 14.2 Å². The molecule has 0 radical (unpaired) electrons. The molecular formula is C30H35NO5. The quantitative estimate of drug-likeness (QED) is 0.451. The molecule has 0 bridgehead atoms. The maximum absolute atomic E-state index is 13.8. The Morgan fingerprint density at radius 3 is 2.44 bits per heavy atom. The largest absolute Gasteiger partial charge is 0.493 e. The summed E-state index contributed by atoms with van der Waals surface area (Å²) in [7, 11) is 3.21. The minimum absolute atomic E-state index is 0.0295. The number of ether oxygens (including phenoxy) is 3. The van der Waals surface area contributed by atoms with Crippen LogP contribution in [0.15, 0.2) is 58.7 Å². The number of nitrogens with zero attached hydrogens (tertiary/aromatic N) is 1. The molecule has 0 N–H and O–H groups in total. The van der Waals surface area contributed by atoms with Gasteiger partial charge in [-0.15, -0.1) is 0 Å². The molecule has 1 aliphatic carbocycles. The van der Waals surface area contributed by atoms with Crippen molar-refractivity contribution in [1.82, 2.24) is 0 Å². The molecule has 190 valence electrons. The summed E-state index contributed by atoms with van der Waals surface area (Å²) >= 11 is 0. The molecule has 0 saturated heterocycles. The highest BCUT2D eigenvalue weighted by Gasteiger charge is 2.45. The minimum Gasteiger partial charge on any atom is -0.493 e. The van der Waals surface area contributed by atoms with Gasteiger partial charge in [0.25, 0.3) is 0 Å². The molecule has 1 aliphatic heterocycles. The van der Waals surface area contributed by atoms with E-state index < -0.39 is 11.8 Å². The fourth-order valence-electron chi connectivity index (χ4n) is 5.33. The predicted octanol–water partition coefficient (Wildman–Crippen LogP) is 5.93. The van der Waals surface area contributed by atoms with Gasteiger partial charge in [-0.05, 0) is 68.4 Å². The van der Waals surface area contributed by atoms with Crippen molar-refractivity contribution in [2.45, 2.75) is 64.9 Å². The second-order valence-electron chi connectivity index (χ2n) is 9.72. The summed E-state index contributed by atoms with van der Waals surface area (Å²) in [6, 6.07) is 13.8. The van der Waals surface area contributed by atoms with E-state index in [-0.39, 0.29) is 23.8 Å². The highest BCUT2D eigenvalue weighted by Crippen LogP contribution is 2.48. The molecular weight excluding hydrogens is 454 g/mol. The Labute approximate surface area is 213 Å². The highest BCUT2D eigenvalue weighted by molar-refractivity contribution is 6.09. The van der Waals surface area contributed by atoms with Gasteiger partial charge in [-0.3, -0.25) is 14.6 Å². The number of esters is 1. The molecule has 0 spiro atoms. The third-order valence-corrected chi connectivity index (χ3v) is 7.44. The van der Waals surface area contributed by atoms with Crippen molar-refractivity contribution in [3.8, 4) is 11.5 Å². The van der Waals surface area contributed by atoms with Crippen LogP contribution in [0, 0.1) is 12.8 Å². The van der Waals surface area contributed by atoms with Gasteiger partial charge in [-0.2, -0.15) is 0 Å². The van der Waals surface area contributed by atoms with E-state index in [1.807, 2.05) is 70.2 Å². The summed E-state index contributed by atoms with van der Waals surface area (Å²) in [4.78, 5) is 32.1. The maximum Gasteiger partial charge on any atom is 0.315 e. The Morgan fingerprint density at radius 2 is 1.78 bits per heavy atom. The highest BCUT2D eigenvalue weighted by atomic mass is 16.5. The van der Waals surface area contributed by atoms with Crippen LogP contribution in [0.2, 0.25) is 0 Å². The van der Waals surface area contributed by atoms with Crippen LogP contribution in [0.4, 0.5) is 0 Å². The molecule has 36 heavy (non-hydrogen) atoms. The Bertz CT molecular complexity index is 1230. The summed E-state index contributed by atoms with van der Waals surface area (Å²) in [6.07, 6.45) is 1.49. The van der Waals surface area contributed by atoms with E-state index in [2.05, 4.69) is 0 Å². The Kier molecular flexibility index (Phi) is 7.62. The van der Waals surface area contributed by atoms with Gasteiger partial charge in [-0.25, -0.2) is 0 Å². The number of methoxy groups -OCH3 is 2. The second-order valence-corrected chi connectivity index (χ2v) is 9.72. The zero-order valence-electron chi connectivity index (χ0n) is 22.0. The van der Waals surface area contributed by atoms with Gasteiger partial charge in [0.2, 0.25) is 0 Å². The monoisotopic (exact) mass is 489 g/mol. The van der Waals surface area contributed by atoms with E-state index >= 15 is 0 Å². The van der Waals surface area contributed by atoms with Gasteiger partial charge in [0.15, 0.2) is 17.3 Å². The van der Waals surface area contributed by atoms with Crippen LogP contribution in [0.3, 0.4) is 0 Å². The molecule has 2 aliphatic rings. The Hall–Kier alpha value is -3.41. The SMILES string of the molecule is CC[C@@H](C)OC(=O)C1C(C)=NC2=C(C(=O)C[C@H](c3ccc(OC)c(OC)c3)C2)[C@H]1c1ccccc1C. The summed E-state index contributed by atoms with van der Waals surface area (Å²) in [6.45, 7) is 7.77. The molecule has 4 atom stereocenters. The number of aryl methyl sites for hydroxylation is 1. The van der Waals surface area contributed by atoms with Crippen molar-refractivity contribution >= 4 is 17.5 Å². The first-order chi connectivity index (χ1) is 17.3. The standard InChI is InChI=1S/C30H35NO5/c1-7-18(3)36-30(33)27-19(4)31-23-14-21(20-12-13-25(34-5)26(16-20)35-6)15-24(32)29(23)28(27)22-11-9-8-10-17(22)2/h8-13,16,18,21,27-28H,7,14-15H2,1-6H3/t18-,21-,27?,28+/m1/s1. The van der Waals surface area contributed by atoms with Crippen LogP contribution >= 0.6 is 0 Å². The van der Waals surface area contributed by atoms with Gasteiger partial charge in [0.1, 0.15) is 5.92 Å². The summed E-state index contributed by atoms with van der Waals surface area (Å²) in [5, 5.41) is 0.